The second kappa shape index (κ2) is 5.52. The van der Waals surface area contributed by atoms with Crippen LogP contribution in [0.15, 0.2) is 42.6 Å². The molecule has 2 rings (SSSR count). The van der Waals surface area contributed by atoms with Crippen LogP contribution in [0.3, 0.4) is 0 Å². The van der Waals surface area contributed by atoms with E-state index in [-0.39, 0.29) is 0 Å². The van der Waals surface area contributed by atoms with Crippen LogP contribution >= 0.6 is 0 Å². The Balaban J connectivity index is 2.10. The molecule has 0 saturated heterocycles. The lowest BCUT2D eigenvalue weighted by Crippen LogP contribution is -2.07. The molecule has 1 aromatic heterocycles. The van der Waals surface area contributed by atoms with Crippen LogP contribution in [0, 0.1) is 6.92 Å². The fourth-order valence-corrected chi connectivity index (χ4v) is 1.69. The minimum atomic E-state index is -0.819. The maximum absolute atomic E-state index is 10.9. The minimum absolute atomic E-state index is 0.494. The first-order chi connectivity index (χ1) is 9.06. The fourth-order valence-electron chi connectivity index (χ4n) is 1.69. The number of anilines is 2. The molecule has 1 atom stereocenters. The number of carboxylic acids is 1. The number of nitrogens with one attached hydrogen (secondary N) is 1. The lowest BCUT2D eigenvalue weighted by molar-refractivity contribution is -0.138. The quantitative estimate of drug-likeness (QED) is 0.880. The van der Waals surface area contributed by atoms with E-state index in [2.05, 4.69) is 10.3 Å². The van der Waals surface area contributed by atoms with Crippen molar-refractivity contribution in [3.05, 3.63) is 53.7 Å². The van der Waals surface area contributed by atoms with Crippen molar-refractivity contribution in [3.8, 4) is 0 Å². The first-order valence-electron chi connectivity index (χ1n) is 6.08. The zero-order valence-corrected chi connectivity index (χ0v) is 10.9. The van der Waals surface area contributed by atoms with E-state index >= 15 is 0 Å². The first kappa shape index (κ1) is 13.1. The molecule has 4 heteroatoms. The van der Waals surface area contributed by atoms with Crippen LogP contribution in [-0.4, -0.2) is 16.1 Å². The summed E-state index contributed by atoms with van der Waals surface area (Å²) >= 11 is 0. The van der Waals surface area contributed by atoms with Gasteiger partial charge in [-0.3, -0.25) is 4.79 Å². The van der Waals surface area contributed by atoms with Gasteiger partial charge in [0.15, 0.2) is 0 Å². The van der Waals surface area contributed by atoms with Gasteiger partial charge in [0.25, 0.3) is 0 Å². The molecule has 0 amide bonds. The lowest BCUT2D eigenvalue weighted by Gasteiger charge is -2.09. The molecule has 2 N–H and O–H groups in total. The third kappa shape index (κ3) is 3.31. The Hall–Kier alpha value is -2.36. The first-order valence-corrected chi connectivity index (χ1v) is 6.08. The summed E-state index contributed by atoms with van der Waals surface area (Å²) in [4.78, 5) is 15.1. The van der Waals surface area contributed by atoms with Crippen molar-refractivity contribution in [3.63, 3.8) is 0 Å². The van der Waals surface area contributed by atoms with Crippen molar-refractivity contribution in [2.24, 2.45) is 0 Å². The maximum Gasteiger partial charge on any atom is 0.310 e. The maximum atomic E-state index is 10.9. The lowest BCUT2D eigenvalue weighted by atomic mass is 10.0. The van der Waals surface area contributed by atoms with E-state index in [9.17, 15) is 4.79 Å². The van der Waals surface area contributed by atoms with Gasteiger partial charge >= 0.3 is 5.97 Å². The number of nitrogens with zero attached hydrogens (tertiary/aromatic N) is 1. The van der Waals surface area contributed by atoms with E-state index in [0.29, 0.717) is 0 Å². The van der Waals surface area contributed by atoms with Crippen LogP contribution in [0.1, 0.15) is 24.0 Å². The van der Waals surface area contributed by atoms with Gasteiger partial charge in [-0.25, -0.2) is 4.98 Å². The van der Waals surface area contributed by atoms with Crippen LogP contribution in [0.4, 0.5) is 11.5 Å². The molecule has 0 aliphatic rings. The average Bonchev–Trinajstić information content (AvgIpc) is 2.41. The second-order valence-electron chi connectivity index (χ2n) is 4.53. The molecule has 19 heavy (non-hydrogen) atoms. The average molecular weight is 256 g/mol. The molecule has 0 aliphatic heterocycles. The number of hydrogen-bond donors (Lipinski definition) is 2. The SMILES string of the molecule is Cc1ccc(Nc2ccc([C@@H](C)C(=O)O)cc2)nc1. The van der Waals surface area contributed by atoms with Gasteiger partial charge in [-0.15, -0.1) is 0 Å². The van der Waals surface area contributed by atoms with Crippen LogP contribution in [0.25, 0.3) is 0 Å². The highest BCUT2D eigenvalue weighted by Gasteiger charge is 2.12. The fraction of sp³-hybridized carbons (Fsp3) is 0.200. The Labute approximate surface area is 112 Å². The van der Waals surface area contributed by atoms with Gasteiger partial charge in [0, 0.05) is 11.9 Å². The summed E-state index contributed by atoms with van der Waals surface area (Å²) in [6, 6.07) is 11.2. The molecular formula is C15H16N2O2. The van der Waals surface area contributed by atoms with Gasteiger partial charge in [0.05, 0.1) is 5.92 Å². The zero-order chi connectivity index (χ0) is 13.8. The molecule has 0 unspecified atom stereocenters. The molecule has 0 saturated carbocycles. The van der Waals surface area contributed by atoms with Crippen LogP contribution < -0.4 is 5.32 Å². The Morgan fingerprint density at radius 2 is 1.89 bits per heavy atom. The number of hydrogen-bond acceptors (Lipinski definition) is 3. The van der Waals surface area contributed by atoms with Gasteiger partial charge in [0.1, 0.15) is 5.82 Å². The number of aryl methyl sites for hydroxylation is 1. The Bertz CT molecular complexity index is 562. The van der Waals surface area contributed by atoms with E-state index in [0.717, 1.165) is 22.6 Å². The molecular weight excluding hydrogens is 240 g/mol. The molecule has 0 radical (unpaired) electrons. The molecule has 4 nitrogen and oxygen atoms in total. The van der Waals surface area contributed by atoms with E-state index in [1.165, 1.54) is 0 Å². The smallest absolute Gasteiger partial charge is 0.310 e. The summed E-state index contributed by atoms with van der Waals surface area (Å²) in [6.07, 6.45) is 1.79. The number of aromatic nitrogens is 1. The molecule has 0 spiro atoms. The monoisotopic (exact) mass is 256 g/mol. The molecule has 1 heterocycles. The topological polar surface area (TPSA) is 62.2 Å². The van der Waals surface area contributed by atoms with E-state index in [4.69, 9.17) is 5.11 Å². The zero-order valence-electron chi connectivity index (χ0n) is 10.9. The number of carboxylic acid groups (broad SMARTS) is 1. The van der Waals surface area contributed by atoms with Crippen molar-refractivity contribution in [2.45, 2.75) is 19.8 Å². The highest BCUT2D eigenvalue weighted by atomic mass is 16.4. The van der Waals surface area contributed by atoms with Crippen molar-refractivity contribution in [1.29, 1.82) is 0 Å². The van der Waals surface area contributed by atoms with E-state index in [1.807, 2.05) is 43.3 Å². The van der Waals surface area contributed by atoms with E-state index in [1.54, 1.807) is 13.1 Å². The summed E-state index contributed by atoms with van der Waals surface area (Å²) in [5.74, 6) is -0.544. The van der Waals surface area contributed by atoms with Gasteiger partial charge in [-0.1, -0.05) is 18.2 Å². The van der Waals surface area contributed by atoms with Crippen molar-refractivity contribution >= 4 is 17.5 Å². The van der Waals surface area contributed by atoms with E-state index < -0.39 is 11.9 Å². The third-order valence-corrected chi connectivity index (χ3v) is 2.96. The molecule has 0 aliphatic carbocycles. The third-order valence-electron chi connectivity index (χ3n) is 2.96. The normalized spacial score (nSPS) is 11.9. The Morgan fingerprint density at radius 1 is 1.21 bits per heavy atom. The predicted octanol–water partition coefficient (Wildman–Crippen LogP) is 3.32. The largest absolute Gasteiger partial charge is 0.481 e. The number of aliphatic carboxylic acids is 1. The highest BCUT2D eigenvalue weighted by molar-refractivity contribution is 5.75. The van der Waals surface area contributed by atoms with Crippen molar-refractivity contribution in [2.75, 3.05) is 5.32 Å². The molecule has 0 bridgehead atoms. The number of pyridine rings is 1. The summed E-state index contributed by atoms with van der Waals surface area (Å²) < 4.78 is 0. The minimum Gasteiger partial charge on any atom is -0.481 e. The van der Waals surface area contributed by atoms with Crippen LogP contribution in [0.5, 0.6) is 0 Å². The highest BCUT2D eigenvalue weighted by Crippen LogP contribution is 2.20. The molecule has 2 aromatic rings. The van der Waals surface area contributed by atoms with Crippen molar-refractivity contribution in [1.82, 2.24) is 4.98 Å². The summed E-state index contributed by atoms with van der Waals surface area (Å²) in [5.41, 5.74) is 2.78. The van der Waals surface area contributed by atoms with Crippen LogP contribution in [0.2, 0.25) is 0 Å². The predicted molar refractivity (Wildman–Crippen MR) is 74.7 cm³/mol. The number of rotatable bonds is 4. The number of benzene rings is 1. The molecule has 0 fully saturated rings. The van der Waals surface area contributed by atoms with Gasteiger partial charge in [0.2, 0.25) is 0 Å². The Morgan fingerprint density at radius 3 is 2.42 bits per heavy atom. The molecule has 98 valence electrons. The standard InChI is InChI=1S/C15H16N2O2/c1-10-3-8-14(16-9-10)17-13-6-4-12(5-7-13)11(2)15(18)19/h3-9,11H,1-2H3,(H,16,17)(H,18,19)/t11-/m1/s1. The summed E-state index contributed by atoms with van der Waals surface area (Å²) in [5, 5.41) is 12.1. The van der Waals surface area contributed by atoms with Gasteiger partial charge in [-0.05, 0) is 43.2 Å². The number of carbonyl (C=O) groups is 1. The van der Waals surface area contributed by atoms with Gasteiger partial charge in [-0.2, -0.15) is 0 Å². The molecule has 1 aromatic carbocycles. The summed E-state index contributed by atoms with van der Waals surface area (Å²) in [7, 11) is 0. The van der Waals surface area contributed by atoms with Crippen LogP contribution in [-0.2, 0) is 4.79 Å². The van der Waals surface area contributed by atoms with Gasteiger partial charge < -0.3 is 10.4 Å². The van der Waals surface area contributed by atoms with Crippen molar-refractivity contribution < 1.29 is 9.90 Å². The Kier molecular flexibility index (Phi) is 3.80. The summed E-state index contributed by atoms with van der Waals surface area (Å²) in [6.45, 7) is 3.66. The second-order valence-corrected chi connectivity index (χ2v) is 4.53.